The smallest absolute Gasteiger partial charge is 0.236 e. The van der Waals surface area contributed by atoms with Gasteiger partial charge in [-0.3, -0.25) is 9.69 Å². The maximum absolute atomic E-state index is 11.8. The van der Waals surface area contributed by atoms with Gasteiger partial charge in [-0.2, -0.15) is 0 Å². The lowest BCUT2D eigenvalue weighted by atomic mass is 10.3. The quantitative estimate of drug-likeness (QED) is 0.837. The fraction of sp³-hybridized carbons (Fsp3) is 0.571. The Hall–Kier alpha value is -1.33. The van der Waals surface area contributed by atoms with Gasteiger partial charge in [-0.05, 0) is 25.1 Å². The number of carbonyl (C=O) groups excluding carboxylic acids is 1. The van der Waals surface area contributed by atoms with Crippen molar-refractivity contribution >= 4 is 23.3 Å². The average Bonchev–Trinajstić information content (AvgIpc) is 2.41. The monoisotopic (exact) mass is 298 g/mol. The maximum atomic E-state index is 11.8. The Bertz CT molecular complexity index is 451. The molecule has 0 saturated carbocycles. The molecule has 0 aromatic carbocycles. The normalized spacial score (nSPS) is 10.7. The van der Waals surface area contributed by atoms with E-state index in [1.807, 2.05) is 19.2 Å². The fourth-order valence-corrected chi connectivity index (χ4v) is 1.97. The molecule has 0 spiro atoms. The third-order valence-electron chi connectivity index (χ3n) is 2.95. The number of amides is 1. The van der Waals surface area contributed by atoms with E-state index < -0.39 is 0 Å². The van der Waals surface area contributed by atoms with Crippen LogP contribution in [0.5, 0.6) is 0 Å². The van der Waals surface area contributed by atoms with E-state index in [4.69, 9.17) is 11.6 Å². The molecule has 6 heteroatoms. The zero-order valence-corrected chi connectivity index (χ0v) is 13.4. The van der Waals surface area contributed by atoms with Crippen LogP contribution in [0.2, 0.25) is 5.02 Å². The summed E-state index contributed by atoms with van der Waals surface area (Å²) in [6, 6.07) is 3.66. The van der Waals surface area contributed by atoms with Crippen LogP contribution in [0.1, 0.15) is 19.0 Å². The van der Waals surface area contributed by atoms with Crippen LogP contribution < -0.4 is 5.32 Å². The van der Waals surface area contributed by atoms with E-state index in [1.165, 1.54) is 0 Å². The van der Waals surface area contributed by atoms with Gasteiger partial charge in [-0.1, -0.05) is 18.5 Å². The van der Waals surface area contributed by atoms with Crippen molar-refractivity contribution < 1.29 is 4.79 Å². The summed E-state index contributed by atoms with van der Waals surface area (Å²) in [6.45, 7) is 3.87. The summed E-state index contributed by atoms with van der Waals surface area (Å²) in [7, 11) is 5.35. The van der Waals surface area contributed by atoms with E-state index in [0.29, 0.717) is 18.1 Å². The van der Waals surface area contributed by atoms with Gasteiger partial charge >= 0.3 is 0 Å². The summed E-state index contributed by atoms with van der Waals surface area (Å²) in [5.74, 6) is 0.860. The van der Waals surface area contributed by atoms with Crippen molar-refractivity contribution in [1.82, 2.24) is 14.8 Å². The van der Waals surface area contributed by atoms with Crippen molar-refractivity contribution in [1.29, 1.82) is 0 Å². The largest absolute Gasteiger partial charge is 0.373 e. The van der Waals surface area contributed by atoms with Crippen LogP contribution in [0.15, 0.2) is 12.1 Å². The summed E-state index contributed by atoms with van der Waals surface area (Å²) < 4.78 is 0. The van der Waals surface area contributed by atoms with Gasteiger partial charge in [0.1, 0.15) is 5.82 Å². The van der Waals surface area contributed by atoms with Gasteiger partial charge in [-0.25, -0.2) is 4.98 Å². The molecule has 0 saturated heterocycles. The second-order valence-electron chi connectivity index (χ2n) is 4.87. The molecular formula is C14H23ClN4O. The summed E-state index contributed by atoms with van der Waals surface area (Å²) in [5, 5.41) is 3.62. The maximum Gasteiger partial charge on any atom is 0.236 e. The van der Waals surface area contributed by atoms with Crippen molar-refractivity contribution in [3.05, 3.63) is 22.8 Å². The first-order valence-electron chi connectivity index (χ1n) is 6.73. The molecule has 1 rings (SSSR count). The number of rotatable bonds is 7. The zero-order valence-electron chi connectivity index (χ0n) is 12.6. The van der Waals surface area contributed by atoms with E-state index in [9.17, 15) is 4.79 Å². The van der Waals surface area contributed by atoms with Crippen LogP contribution in [0, 0.1) is 0 Å². The minimum atomic E-state index is 0.0827. The molecule has 112 valence electrons. The molecule has 1 heterocycles. The van der Waals surface area contributed by atoms with Crippen molar-refractivity contribution in [2.75, 3.05) is 39.5 Å². The highest BCUT2D eigenvalue weighted by Crippen LogP contribution is 2.18. The first-order chi connectivity index (χ1) is 9.47. The van der Waals surface area contributed by atoms with E-state index >= 15 is 0 Å². The second kappa shape index (κ2) is 8.07. The molecule has 0 aliphatic heterocycles. The summed E-state index contributed by atoms with van der Waals surface area (Å²) in [6.07, 6.45) is 0.976. The van der Waals surface area contributed by atoms with Gasteiger partial charge < -0.3 is 10.2 Å². The molecule has 1 aromatic rings. The number of nitrogens with zero attached hydrogens (tertiary/aromatic N) is 3. The van der Waals surface area contributed by atoms with Crippen molar-refractivity contribution in [3.63, 3.8) is 0 Å². The Morgan fingerprint density at radius 2 is 2.10 bits per heavy atom. The van der Waals surface area contributed by atoms with Crippen LogP contribution in [0.4, 0.5) is 5.82 Å². The molecule has 0 fully saturated rings. The van der Waals surface area contributed by atoms with Crippen molar-refractivity contribution in [2.45, 2.75) is 19.9 Å². The number of carbonyl (C=O) groups is 1. The van der Waals surface area contributed by atoms with Gasteiger partial charge in [-0.15, -0.1) is 0 Å². The number of aromatic nitrogens is 1. The van der Waals surface area contributed by atoms with Crippen molar-refractivity contribution in [3.8, 4) is 0 Å². The van der Waals surface area contributed by atoms with E-state index in [0.717, 1.165) is 24.5 Å². The Kier molecular flexibility index (Phi) is 6.75. The SMILES string of the molecule is CCCN(CC(=O)N(C)C)Cc1nc(NC)ccc1Cl. The highest BCUT2D eigenvalue weighted by molar-refractivity contribution is 6.31. The van der Waals surface area contributed by atoms with Crippen LogP contribution in [-0.2, 0) is 11.3 Å². The molecule has 0 unspecified atom stereocenters. The van der Waals surface area contributed by atoms with Crippen LogP contribution in [0.3, 0.4) is 0 Å². The lowest BCUT2D eigenvalue weighted by molar-refractivity contribution is -0.130. The van der Waals surface area contributed by atoms with Gasteiger partial charge in [0.2, 0.25) is 5.91 Å². The number of hydrogen-bond donors (Lipinski definition) is 1. The molecular weight excluding hydrogens is 276 g/mol. The van der Waals surface area contributed by atoms with Crippen LogP contribution in [0.25, 0.3) is 0 Å². The Morgan fingerprint density at radius 1 is 1.40 bits per heavy atom. The van der Waals surface area contributed by atoms with Gasteiger partial charge in [0, 0.05) is 27.7 Å². The van der Waals surface area contributed by atoms with E-state index in [1.54, 1.807) is 19.0 Å². The predicted octanol–water partition coefficient (Wildman–Crippen LogP) is 2.08. The minimum absolute atomic E-state index is 0.0827. The summed E-state index contributed by atoms with van der Waals surface area (Å²) >= 11 is 6.18. The molecule has 0 radical (unpaired) electrons. The van der Waals surface area contributed by atoms with Gasteiger partial charge in [0.25, 0.3) is 0 Å². The highest BCUT2D eigenvalue weighted by Gasteiger charge is 2.14. The van der Waals surface area contributed by atoms with Gasteiger partial charge in [0.15, 0.2) is 0 Å². The Labute approximate surface area is 125 Å². The molecule has 0 aliphatic rings. The summed E-state index contributed by atoms with van der Waals surface area (Å²) in [5.41, 5.74) is 0.790. The topological polar surface area (TPSA) is 48.5 Å². The Balaban J connectivity index is 2.81. The predicted molar refractivity (Wildman–Crippen MR) is 83.1 cm³/mol. The minimum Gasteiger partial charge on any atom is -0.373 e. The van der Waals surface area contributed by atoms with Gasteiger partial charge in [0.05, 0.1) is 17.3 Å². The van der Waals surface area contributed by atoms with Crippen LogP contribution in [-0.4, -0.2) is 54.9 Å². The van der Waals surface area contributed by atoms with E-state index in [2.05, 4.69) is 22.1 Å². The first-order valence-corrected chi connectivity index (χ1v) is 7.11. The molecule has 1 amide bonds. The number of hydrogen-bond acceptors (Lipinski definition) is 4. The molecule has 1 N–H and O–H groups in total. The average molecular weight is 299 g/mol. The lowest BCUT2D eigenvalue weighted by Gasteiger charge is -2.23. The number of halogens is 1. The fourth-order valence-electron chi connectivity index (χ4n) is 1.81. The van der Waals surface area contributed by atoms with E-state index in [-0.39, 0.29) is 5.91 Å². The highest BCUT2D eigenvalue weighted by atomic mass is 35.5. The molecule has 20 heavy (non-hydrogen) atoms. The molecule has 1 aromatic heterocycles. The number of likely N-dealkylation sites (N-methyl/N-ethyl adjacent to an activating group) is 1. The number of anilines is 1. The molecule has 0 aliphatic carbocycles. The molecule has 0 bridgehead atoms. The molecule has 0 atom stereocenters. The Morgan fingerprint density at radius 3 is 2.65 bits per heavy atom. The first kappa shape index (κ1) is 16.7. The molecule has 5 nitrogen and oxygen atoms in total. The number of nitrogens with one attached hydrogen (secondary N) is 1. The zero-order chi connectivity index (χ0) is 15.1. The second-order valence-corrected chi connectivity index (χ2v) is 5.28. The standard InChI is InChI=1S/C14H23ClN4O/c1-5-8-19(10-14(20)18(3)4)9-12-11(15)6-7-13(16-2)17-12/h6-7H,5,8-10H2,1-4H3,(H,16,17). The lowest BCUT2D eigenvalue weighted by Crippen LogP contribution is -2.37. The van der Waals surface area contributed by atoms with Crippen molar-refractivity contribution in [2.24, 2.45) is 0 Å². The number of pyridine rings is 1. The third-order valence-corrected chi connectivity index (χ3v) is 3.29. The van der Waals surface area contributed by atoms with Crippen LogP contribution >= 0.6 is 11.6 Å². The third kappa shape index (κ3) is 4.98. The summed E-state index contributed by atoms with van der Waals surface area (Å²) in [4.78, 5) is 20.0.